The molecule has 0 aliphatic heterocycles. The van der Waals surface area contributed by atoms with Crippen LogP contribution in [0.5, 0.6) is 0 Å². The number of rotatable bonds is 3. The zero-order valence-corrected chi connectivity index (χ0v) is 6.93. The van der Waals surface area contributed by atoms with Gasteiger partial charge < -0.3 is 12.9 Å². The first kappa shape index (κ1) is 10.9. The fraction of sp³-hybridized carbons (Fsp3) is 0.286. The number of hydrogen-bond acceptors (Lipinski definition) is 1. The Balaban J connectivity index is 2.84. The maximum Gasteiger partial charge on any atom is 0.482 e. The van der Waals surface area contributed by atoms with Crippen molar-refractivity contribution in [2.45, 2.75) is 12.7 Å². The van der Waals surface area contributed by atoms with Gasteiger partial charge in [-0.25, -0.2) is 8.78 Å². The van der Waals surface area contributed by atoms with E-state index in [1.165, 1.54) is 0 Å². The van der Waals surface area contributed by atoms with Gasteiger partial charge in [0.05, 0.1) is 0 Å². The zero-order chi connectivity index (χ0) is 10.8. The van der Waals surface area contributed by atoms with Crippen LogP contribution in [0.3, 0.4) is 0 Å². The van der Waals surface area contributed by atoms with Crippen LogP contribution in [-0.2, 0) is 6.32 Å². The van der Waals surface area contributed by atoms with Crippen LogP contribution in [0.1, 0.15) is 17.7 Å². The van der Waals surface area contributed by atoms with E-state index in [1.54, 1.807) is 0 Å². The van der Waals surface area contributed by atoms with Gasteiger partial charge >= 0.3 is 6.98 Å². The van der Waals surface area contributed by atoms with Crippen molar-refractivity contribution in [1.29, 1.82) is 0 Å². The second-order valence-electron chi connectivity index (χ2n) is 2.80. The molecule has 0 radical (unpaired) electrons. The molecule has 78 valence electrons. The van der Waals surface area contributed by atoms with Gasteiger partial charge in [-0.05, 0) is 12.1 Å². The monoisotopic (exact) mass is 210 g/mol. The van der Waals surface area contributed by atoms with E-state index >= 15 is 0 Å². The summed E-state index contributed by atoms with van der Waals surface area (Å²) in [7, 11) is 0. The molecule has 0 aromatic carbocycles. The standard InChI is InChI=1S/C7H6BF5N/c9-7(10)6-3-5(1-2-14-6)4-8(11,12)13/h1-3,7H,4H2/q-1. The van der Waals surface area contributed by atoms with Gasteiger partial charge in [0.2, 0.25) is 0 Å². The summed E-state index contributed by atoms with van der Waals surface area (Å²) in [6, 6.07) is 1.86. The summed E-state index contributed by atoms with van der Waals surface area (Å²) in [4.78, 5) is 3.26. The van der Waals surface area contributed by atoms with Gasteiger partial charge in [0.25, 0.3) is 6.43 Å². The maximum absolute atomic E-state index is 12.0. The molecule has 1 heterocycles. The fourth-order valence-electron chi connectivity index (χ4n) is 1.01. The lowest BCUT2D eigenvalue weighted by molar-refractivity contribution is 0.146. The van der Waals surface area contributed by atoms with Crippen LogP contribution in [0.4, 0.5) is 21.7 Å². The topological polar surface area (TPSA) is 12.9 Å². The van der Waals surface area contributed by atoms with Crippen molar-refractivity contribution in [2.24, 2.45) is 0 Å². The van der Waals surface area contributed by atoms with E-state index in [9.17, 15) is 21.7 Å². The molecule has 1 rings (SSSR count). The Morgan fingerprint density at radius 1 is 1.29 bits per heavy atom. The van der Waals surface area contributed by atoms with Crippen molar-refractivity contribution in [3.05, 3.63) is 29.6 Å². The van der Waals surface area contributed by atoms with Gasteiger partial charge in [-0.1, -0.05) is 11.9 Å². The third-order valence-corrected chi connectivity index (χ3v) is 1.54. The van der Waals surface area contributed by atoms with Gasteiger partial charge in [0.15, 0.2) is 0 Å². The Morgan fingerprint density at radius 2 is 1.93 bits per heavy atom. The predicted molar refractivity (Wildman–Crippen MR) is 42.0 cm³/mol. The highest BCUT2D eigenvalue weighted by molar-refractivity contribution is 6.57. The maximum atomic E-state index is 12.0. The highest BCUT2D eigenvalue weighted by Crippen LogP contribution is 2.20. The molecule has 14 heavy (non-hydrogen) atoms. The molecule has 0 aliphatic carbocycles. The highest BCUT2D eigenvalue weighted by atomic mass is 19.4. The Labute approximate surface area is 77.0 Å². The van der Waals surface area contributed by atoms with Gasteiger partial charge in [-0.2, -0.15) is 0 Å². The number of hydrogen-bond donors (Lipinski definition) is 0. The Morgan fingerprint density at radius 3 is 2.43 bits per heavy atom. The first-order chi connectivity index (χ1) is 6.38. The summed E-state index contributed by atoms with van der Waals surface area (Å²) in [5.74, 6) is 0. The number of pyridine rings is 1. The number of aromatic nitrogens is 1. The van der Waals surface area contributed by atoms with Crippen LogP contribution in [0.2, 0.25) is 0 Å². The van der Waals surface area contributed by atoms with Crippen molar-refractivity contribution >= 4 is 6.98 Å². The molecule has 0 atom stereocenters. The van der Waals surface area contributed by atoms with Gasteiger partial charge in [0, 0.05) is 6.20 Å². The van der Waals surface area contributed by atoms with Crippen LogP contribution in [0.25, 0.3) is 0 Å². The van der Waals surface area contributed by atoms with Crippen molar-refractivity contribution < 1.29 is 21.7 Å². The summed E-state index contributed by atoms with van der Waals surface area (Å²) in [5, 5.41) is 0. The van der Waals surface area contributed by atoms with Gasteiger partial charge in [0.1, 0.15) is 5.69 Å². The molecule has 0 unspecified atom stereocenters. The molecule has 0 saturated heterocycles. The average Bonchev–Trinajstić information content (AvgIpc) is 2.01. The normalized spacial score (nSPS) is 12.1. The summed E-state index contributed by atoms with van der Waals surface area (Å²) >= 11 is 0. The lowest BCUT2D eigenvalue weighted by Crippen LogP contribution is -2.19. The molecule has 0 N–H and O–H groups in total. The van der Waals surface area contributed by atoms with E-state index in [2.05, 4.69) is 4.98 Å². The Kier molecular flexibility index (Phi) is 3.08. The third-order valence-electron chi connectivity index (χ3n) is 1.54. The van der Waals surface area contributed by atoms with Crippen LogP contribution in [-0.4, -0.2) is 12.0 Å². The summed E-state index contributed by atoms with van der Waals surface area (Å²) in [6.45, 7) is -4.99. The second kappa shape index (κ2) is 3.94. The molecule has 0 bridgehead atoms. The molecule has 0 amide bonds. The van der Waals surface area contributed by atoms with Crippen molar-refractivity contribution in [3.8, 4) is 0 Å². The number of alkyl halides is 2. The molecule has 0 aliphatic rings. The molecule has 7 heteroatoms. The smallest absolute Gasteiger partial charge is 0.449 e. The fourth-order valence-corrected chi connectivity index (χ4v) is 1.01. The second-order valence-corrected chi connectivity index (χ2v) is 2.80. The molecular weight excluding hydrogens is 204 g/mol. The Hall–Kier alpha value is -1.14. The zero-order valence-electron chi connectivity index (χ0n) is 6.93. The molecule has 1 nitrogen and oxygen atoms in total. The molecular formula is C7H6BF5N-. The summed E-state index contributed by atoms with van der Waals surface area (Å²) in [6.07, 6.45) is -3.03. The minimum atomic E-state index is -4.99. The minimum absolute atomic E-state index is 0.178. The predicted octanol–water partition coefficient (Wildman–Crippen LogP) is 2.95. The third kappa shape index (κ3) is 3.31. The average molecular weight is 210 g/mol. The molecule has 0 spiro atoms. The quantitative estimate of drug-likeness (QED) is 0.551. The van der Waals surface area contributed by atoms with E-state index in [1.807, 2.05) is 0 Å². The highest BCUT2D eigenvalue weighted by Gasteiger charge is 2.23. The number of nitrogens with zero attached hydrogens (tertiary/aromatic N) is 1. The molecule has 1 aromatic heterocycles. The summed E-state index contributed by atoms with van der Waals surface area (Å²) in [5.41, 5.74) is -0.801. The number of halogens is 5. The van der Waals surface area contributed by atoms with E-state index in [-0.39, 0.29) is 5.56 Å². The Bertz CT molecular complexity index is 311. The van der Waals surface area contributed by atoms with Crippen molar-refractivity contribution in [1.82, 2.24) is 4.98 Å². The van der Waals surface area contributed by atoms with Gasteiger partial charge in [-0.15, -0.1) is 0 Å². The molecule has 0 saturated carbocycles. The van der Waals surface area contributed by atoms with Crippen molar-refractivity contribution in [2.75, 3.05) is 0 Å². The SMILES string of the molecule is FC(F)c1cc(C[B-](F)(F)F)ccn1. The molecule has 1 aromatic rings. The van der Waals surface area contributed by atoms with Crippen LogP contribution in [0.15, 0.2) is 18.3 Å². The van der Waals surface area contributed by atoms with Crippen LogP contribution < -0.4 is 0 Å². The first-order valence-electron chi connectivity index (χ1n) is 3.82. The van der Waals surface area contributed by atoms with E-state index in [4.69, 9.17) is 0 Å². The van der Waals surface area contributed by atoms with E-state index < -0.39 is 25.4 Å². The van der Waals surface area contributed by atoms with Gasteiger partial charge in [-0.3, -0.25) is 4.98 Å². The van der Waals surface area contributed by atoms with Crippen molar-refractivity contribution in [3.63, 3.8) is 0 Å². The van der Waals surface area contributed by atoms with E-state index in [0.29, 0.717) is 0 Å². The van der Waals surface area contributed by atoms with E-state index in [0.717, 1.165) is 18.3 Å². The molecule has 0 fully saturated rings. The summed E-state index contributed by atoms with van der Waals surface area (Å²) < 4.78 is 59.9. The van der Waals surface area contributed by atoms with Crippen LogP contribution >= 0.6 is 0 Å². The lowest BCUT2D eigenvalue weighted by atomic mass is 9.82. The first-order valence-corrected chi connectivity index (χ1v) is 3.82. The van der Waals surface area contributed by atoms with Crippen LogP contribution in [0, 0.1) is 0 Å². The minimum Gasteiger partial charge on any atom is -0.449 e. The lowest BCUT2D eigenvalue weighted by Gasteiger charge is -2.13. The largest absolute Gasteiger partial charge is 0.482 e.